The highest BCUT2D eigenvalue weighted by molar-refractivity contribution is 7.99. The molecule has 0 atom stereocenters. The van der Waals surface area contributed by atoms with E-state index in [1.54, 1.807) is 23.9 Å². The van der Waals surface area contributed by atoms with Crippen LogP contribution in [0.4, 0.5) is 0 Å². The van der Waals surface area contributed by atoms with Crippen LogP contribution in [0.5, 0.6) is 5.75 Å². The number of ether oxygens (including phenoxy) is 1. The lowest BCUT2D eigenvalue weighted by molar-refractivity contribution is 0.343. The van der Waals surface area contributed by atoms with Crippen LogP contribution < -0.4 is 4.74 Å². The van der Waals surface area contributed by atoms with E-state index in [1.165, 1.54) is 0 Å². The van der Waals surface area contributed by atoms with Gasteiger partial charge in [0.15, 0.2) is 10.8 Å². The van der Waals surface area contributed by atoms with E-state index in [9.17, 15) is 0 Å². The van der Waals surface area contributed by atoms with Crippen molar-refractivity contribution < 1.29 is 4.74 Å². The van der Waals surface area contributed by atoms with Gasteiger partial charge in [0.25, 0.3) is 0 Å². The Kier molecular flexibility index (Phi) is 4.03. The highest BCUT2D eigenvalue weighted by atomic mass is 32.2. The number of benzene rings is 1. The Balaban J connectivity index is 1.58. The summed E-state index contributed by atoms with van der Waals surface area (Å²) in [5, 5.41) is 18.1. The van der Waals surface area contributed by atoms with Gasteiger partial charge in [-0.2, -0.15) is 5.26 Å². The van der Waals surface area contributed by atoms with Crippen molar-refractivity contribution in [2.75, 3.05) is 12.4 Å². The van der Waals surface area contributed by atoms with E-state index >= 15 is 0 Å². The van der Waals surface area contributed by atoms with Gasteiger partial charge in [0, 0.05) is 11.9 Å². The number of hydrogen-bond donors (Lipinski definition) is 0. The molecule has 0 unspecified atom stereocenters. The number of thioether (sulfide) groups is 1. The molecular weight excluding hydrogens is 284 g/mol. The molecule has 0 aliphatic rings. The van der Waals surface area contributed by atoms with Crippen LogP contribution in [-0.2, 0) is 0 Å². The molecule has 0 aliphatic carbocycles. The molecule has 6 heteroatoms. The molecule has 3 rings (SSSR count). The lowest BCUT2D eigenvalue weighted by Gasteiger charge is -2.06. The molecule has 0 N–H and O–H groups in total. The Morgan fingerprint density at radius 3 is 2.90 bits per heavy atom. The Labute approximate surface area is 126 Å². The Morgan fingerprint density at radius 1 is 1.14 bits per heavy atom. The summed E-state index contributed by atoms with van der Waals surface area (Å²) < 4.78 is 7.58. The summed E-state index contributed by atoms with van der Waals surface area (Å²) in [6.07, 6.45) is 1.93. The van der Waals surface area contributed by atoms with Crippen molar-refractivity contribution in [1.82, 2.24) is 14.6 Å². The Morgan fingerprint density at radius 2 is 2.00 bits per heavy atom. The molecule has 5 nitrogen and oxygen atoms in total. The minimum Gasteiger partial charge on any atom is -0.491 e. The summed E-state index contributed by atoms with van der Waals surface area (Å²) in [4.78, 5) is 0. The molecule has 0 aliphatic heterocycles. The minimum absolute atomic E-state index is 0.505. The van der Waals surface area contributed by atoms with Crippen molar-refractivity contribution in [3.63, 3.8) is 0 Å². The molecule has 2 heterocycles. The van der Waals surface area contributed by atoms with Crippen LogP contribution in [-0.4, -0.2) is 27.0 Å². The molecule has 1 aromatic carbocycles. The largest absolute Gasteiger partial charge is 0.491 e. The first-order chi connectivity index (χ1) is 10.4. The number of rotatable bonds is 5. The second-order valence-electron chi connectivity index (χ2n) is 4.22. The maximum absolute atomic E-state index is 8.99. The molecular formula is C15H12N4OS. The Bertz CT molecular complexity index is 793. The van der Waals surface area contributed by atoms with Crippen molar-refractivity contribution in [2.45, 2.75) is 5.16 Å². The summed E-state index contributed by atoms with van der Waals surface area (Å²) in [5.74, 6) is 1.35. The normalized spacial score (nSPS) is 10.4. The van der Waals surface area contributed by atoms with Crippen LogP contribution in [0.3, 0.4) is 0 Å². The van der Waals surface area contributed by atoms with Crippen LogP contribution in [0.15, 0.2) is 53.8 Å². The van der Waals surface area contributed by atoms with E-state index in [-0.39, 0.29) is 0 Å². The number of nitrogens with zero attached hydrogens (tertiary/aromatic N) is 4. The first-order valence-corrected chi connectivity index (χ1v) is 7.41. The van der Waals surface area contributed by atoms with E-state index in [0.29, 0.717) is 17.9 Å². The second-order valence-corrected chi connectivity index (χ2v) is 5.28. The van der Waals surface area contributed by atoms with Gasteiger partial charge in [0.05, 0.1) is 12.2 Å². The zero-order chi connectivity index (χ0) is 14.5. The van der Waals surface area contributed by atoms with Crippen LogP contribution >= 0.6 is 11.8 Å². The third-order valence-corrected chi connectivity index (χ3v) is 3.77. The molecule has 0 amide bonds. The number of nitriles is 1. The summed E-state index contributed by atoms with van der Waals surface area (Å²) in [5.41, 5.74) is 1.38. The van der Waals surface area contributed by atoms with Crippen LogP contribution in [0, 0.1) is 11.3 Å². The molecule has 0 spiro atoms. The summed E-state index contributed by atoms with van der Waals surface area (Å²) in [7, 11) is 0. The fourth-order valence-corrected chi connectivity index (χ4v) is 2.63. The highest BCUT2D eigenvalue weighted by Gasteiger charge is 2.06. The molecule has 2 aromatic heterocycles. The SMILES string of the molecule is N#Cc1ccccc1OCCSc1nnc2ccccn12. The summed E-state index contributed by atoms with van der Waals surface area (Å²) in [6, 6.07) is 15.1. The van der Waals surface area contributed by atoms with Crippen LogP contribution in [0.2, 0.25) is 0 Å². The second kappa shape index (κ2) is 6.29. The average molecular weight is 296 g/mol. The standard InChI is InChI=1S/C15H12N4OS/c16-11-12-5-1-2-6-13(12)20-9-10-21-15-18-17-14-7-3-4-8-19(14)15/h1-8H,9-10H2. The van der Waals surface area contributed by atoms with E-state index < -0.39 is 0 Å². The number of fused-ring (bicyclic) bond motifs is 1. The van der Waals surface area contributed by atoms with E-state index in [4.69, 9.17) is 10.00 Å². The zero-order valence-electron chi connectivity index (χ0n) is 11.1. The first kappa shape index (κ1) is 13.5. The fourth-order valence-electron chi connectivity index (χ4n) is 1.89. The third-order valence-electron chi connectivity index (χ3n) is 2.86. The van der Waals surface area contributed by atoms with Gasteiger partial charge in [0.2, 0.25) is 0 Å². The van der Waals surface area contributed by atoms with Gasteiger partial charge in [-0.25, -0.2) is 0 Å². The monoisotopic (exact) mass is 296 g/mol. The predicted molar refractivity (Wildman–Crippen MR) is 80.4 cm³/mol. The topological polar surface area (TPSA) is 63.2 Å². The van der Waals surface area contributed by atoms with Crippen molar-refractivity contribution in [3.8, 4) is 11.8 Å². The van der Waals surface area contributed by atoms with E-state index in [1.807, 2.05) is 40.9 Å². The quantitative estimate of drug-likeness (QED) is 0.535. The maximum atomic E-state index is 8.99. The molecule has 0 fully saturated rings. The van der Waals surface area contributed by atoms with E-state index in [2.05, 4.69) is 16.3 Å². The molecule has 0 saturated carbocycles. The van der Waals surface area contributed by atoms with Gasteiger partial charge in [-0.15, -0.1) is 10.2 Å². The number of aromatic nitrogens is 3. The van der Waals surface area contributed by atoms with Crippen molar-refractivity contribution in [3.05, 3.63) is 54.2 Å². The molecule has 104 valence electrons. The summed E-state index contributed by atoms with van der Waals surface area (Å²) in [6.45, 7) is 0.505. The highest BCUT2D eigenvalue weighted by Crippen LogP contribution is 2.19. The molecule has 0 saturated heterocycles. The van der Waals surface area contributed by atoms with Gasteiger partial charge in [-0.3, -0.25) is 4.40 Å². The van der Waals surface area contributed by atoms with Gasteiger partial charge in [-0.05, 0) is 24.3 Å². The first-order valence-electron chi connectivity index (χ1n) is 6.43. The van der Waals surface area contributed by atoms with Gasteiger partial charge >= 0.3 is 0 Å². The molecule has 0 radical (unpaired) electrons. The molecule has 3 aromatic rings. The number of para-hydroxylation sites is 1. The van der Waals surface area contributed by atoms with Gasteiger partial charge < -0.3 is 4.74 Å². The summed E-state index contributed by atoms with van der Waals surface area (Å²) >= 11 is 1.57. The molecule has 21 heavy (non-hydrogen) atoms. The van der Waals surface area contributed by atoms with Crippen molar-refractivity contribution in [2.24, 2.45) is 0 Å². The van der Waals surface area contributed by atoms with Crippen LogP contribution in [0.25, 0.3) is 5.65 Å². The van der Waals surface area contributed by atoms with Gasteiger partial charge in [0.1, 0.15) is 11.8 Å². The molecule has 0 bridgehead atoms. The minimum atomic E-state index is 0.505. The van der Waals surface area contributed by atoms with Gasteiger partial charge in [-0.1, -0.05) is 30.0 Å². The average Bonchev–Trinajstić information content (AvgIpc) is 2.95. The maximum Gasteiger partial charge on any atom is 0.195 e. The third kappa shape index (κ3) is 2.98. The Hall–Kier alpha value is -2.52. The lowest BCUT2D eigenvalue weighted by Crippen LogP contribution is -2.02. The fraction of sp³-hybridized carbons (Fsp3) is 0.133. The number of hydrogen-bond acceptors (Lipinski definition) is 5. The smallest absolute Gasteiger partial charge is 0.195 e. The zero-order valence-corrected chi connectivity index (χ0v) is 12.0. The van der Waals surface area contributed by atoms with Crippen molar-refractivity contribution >= 4 is 17.4 Å². The van der Waals surface area contributed by atoms with E-state index in [0.717, 1.165) is 16.6 Å². The predicted octanol–water partition coefficient (Wildman–Crippen LogP) is 2.77. The lowest BCUT2D eigenvalue weighted by atomic mass is 10.2. The number of pyridine rings is 1. The van der Waals surface area contributed by atoms with Crippen molar-refractivity contribution in [1.29, 1.82) is 5.26 Å². The van der Waals surface area contributed by atoms with Crippen LogP contribution in [0.1, 0.15) is 5.56 Å².